The van der Waals surface area contributed by atoms with Gasteiger partial charge in [-0.25, -0.2) is 0 Å². The van der Waals surface area contributed by atoms with Gasteiger partial charge in [0, 0.05) is 32.7 Å². The van der Waals surface area contributed by atoms with Crippen molar-refractivity contribution in [2.24, 2.45) is 0 Å². The van der Waals surface area contributed by atoms with E-state index in [-0.39, 0.29) is 0 Å². The van der Waals surface area contributed by atoms with Crippen molar-refractivity contribution in [3.63, 3.8) is 0 Å². The summed E-state index contributed by atoms with van der Waals surface area (Å²) >= 11 is 0. The quantitative estimate of drug-likeness (QED) is 0.386. The zero-order chi connectivity index (χ0) is 15.0. The normalized spacial score (nSPS) is 18.6. The van der Waals surface area contributed by atoms with E-state index < -0.39 is 24.5 Å². The Balaban J connectivity index is 4.31. The summed E-state index contributed by atoms with van der Waals surface area (Å²) in [6.07, 6.45) is -2.06. The van der Waals surface area contributed by atoms with Crippen LogP contribution in [0.5, 0.6) is 0 Å². The Morgan fingerprint density at radius 3 is 1.42 bits per heavy atom. The standard InChI is InChI=1S/C13H30N2O4/c1-10(16)7-14(8-11(2)17)5-6-15(13(4)19)9-12(3)18/h10-13,16-19H,5-9H2,1-4H3. The van der Waals surface area contributed by atoms with E-state index in [1.165, 1.54) is 0 Å². The summed E-state index contributed by atoms with van der Waals surface area (Å²) in [4.78, 5) is 3.72. The first kappa shape index (κ1) is 18.8. The predicted octanol–water partition coefficient (Wildman–Crippen LogP) is -0.929. The molecule has 0 aromatic heterocycles. The maximum absolute atomic E-state index is 9.64. The van der Waals surface area contributed by atoms with E-state index in [2.05, 4.69) is 0 Å². The van der Waals surface area contributed by atoms with Crippen LogP contribution in [0.25, 0.3) is 0 Å². The zero-order valence-electron chi connectivity index (χ0n) is 12.5. The molecule has 0 saturated carbocycles. The predicted molar refractivity (Wildman–Crippen MR) is 74.7 cm³/mol. The van der Waals surface area contributed by atoms with Crippen molar-refractivity contribution in [3.8, 4) is 0 Å². The van der Waals surface area contributed by atoms with Crippen LogP contribution in [-0.4, -0.2) is 87.5 Å². The lowest BCUT2D eigenvalue weighted by atomic mass is 10.3. The lowest BCUT2D eigenvalue weighted by molar-refractivity contribution is -0.0161. The second kappa shape index (κ2) is 9.63. The van der Waals surface area contributed by atoms with Crippen LogP contribution in [0.15, 0.2) is 0 Å². The van der Waals surface area contributed by atoms with E-state index in [0.29, 0.717) is 32.7 Å². The highest BCUT2D eigenvalue weighted by Gasteiger charge is 2.16. The van der Waals surface area contributed by atoms with Crippen molar-refractivity contribution < 1.29 is 20.4 Å². The molecule has 0 fully saturated rings. The number of aliphatic hydroxyl groups excluding tert-OH is 4. The maximum atomic E-state index is 9.64. The first-order chi connectivity index (χ1) is 8.72. The number of hydrogen-bond donors (Lipinski definition) is 4. The maximum Gasteiger partial charge on any atom is 0.104 e. The lowest BCUT2D eigenvalue weighted by Crippen LogP contribution is -2.45. The van der Waals surface area contributed by atoms with Crippen LogP contribution in [0.1, 0.15) is 27.7 Å². The minimum atomic E-state index is -0.630. The van der Waals surface area contributed by atoms with Crippen molar-refractivity contribution in [1.29, 1.82) is 0 Å². The highest BCUT2D eigenvalue weighted by molar-refractivity contribution is 4.69. The van der Waals surface area contributed by atoms with Gasteiger partial charge in [-0.15, -0.1) is 0 Å². The molecule has 116 valence electrons. The SMILES string of the molecule is CC(O)CN(CCN(CC(C)O)C(C)O)CC(C)O. The van der Waals surface area contributed by atoms with Crippen LogP contribution in [0, 0.1) is 0 Å². The molecule has 0 amide bonds. The van der Waals surface area contributed by atoms with Crippen LogP contribution in [-0.2, 0) is 0 Å². The molecule has 0 bridgehead atoms. The Bertz CT molecular complexity index is 213. The average Bonchev–Trinajstić information content (AvgIpc) is 2.21. The van der Waals surface area contributed by atoms with Gasteiger partial charge in [0.1, 0.15) is 6.23 Å². The summed E-state index contributed by atoms with van der Waals surface area (Å²) in [5.74, 6) is 0. The fourth-order valence-corrected chi connectivity index (χ4v) is 2.04. The van der Waals surface area contributed by atoms with Crippen LogP contribution >= 0.6 is 0 Å². The van der Waals surface area contributed by atoms with Crippen LogP contribution in [0.4, 0.5) is 0 Å². The third kappa shape index (κ3) is 10.2. The lowest BCUT2D eigenvalue weighted by Gasteiger charge is -2.31. The summed E-state index contributed by atoms with van der Waals surface area (Å²) in [6.45, 7) is 9.30. The van der Waals surface area contributed by atoms with Gasteiger partial charge in [-0.2, -0.15) is 0 Å². The fraction of sp³-hybridized carbons (Fsp3) is 1.00. The summed E-state index contributed by atoms with van der Waals surface area (Å²) < 4.78 is 0. The van der Waals surface area contributed by atoms with E-state index in [4.69, 9.17) is 0 Å². The third-order valence-electron chi connectivity index (χ3n) is 2.78. The molecular formula is C13H30N2O4. The van der Waals surface area contributed by atoms with Crippen molar-refractivity contribution >= 4 is 0 Å². The number of aliphatic hydroxyl groups is 4. The van der Waals surface area contributed by atoms with E-state index in [1.807, 2.05) is 4.90 Å². The Hall–Kier alpha value is -0.240. The molecule has 0 aliphatic rings. The van der Waals surface area contributed by atoms with Gasteiger partial charge >= 0.3 is 0 Å². The molecule has 0 saturated heterocycles. The fourth-order valence-electron chi connectivity index (χ4n) is 2.04. The molecule has 0 aliphatic heterocycles. The van der Waals surface area contributed by atoms with Crippen LogP contribution < -0.4 is 0 Å². The van der Waals surface area contributed by atoms with Crippen molar-refractivity contribution in [1.82, 2.24) is 9.80 Å². The van der Waals surface area contributed by atoms with Gasteiger partial charge in [-0.3, -0.25) is 9.80 Å². The molecule has 6 nitrogen and oxygen atoms in total. The highest BCUT2D eigenvalue weighted by atomic mass is 16.3. The van der Waals surface area contributed by atoms with Gasteiger partial charge in [0.25, 0.3) is 0 Å². The molecule has 0 rings (SSSR count). The summed E-state index contributed by atoms with van der Waals surface area (Å²) in [5.41, 5.74) is 0. The Morgan fingerprint density at radius 2 is 1.11 bits per heavy atom. The third-order valence-corrected chi connectivity index (χ3v) is 2.78. The topological polar surface area (TPSA) is 87.4 Å². The minimum absolute atomic E-state index is 0.398. The summed E-state index contributed by atoms with van der Waals surface area (Å²) in [5, 5.41) is 37.9. The van der Waals surface area contributed by atoms with Gasteiger partial charge in [0.05, 0.1) is 18.3 Å². The van der Waals surface area contributed by atoms with Crippen molar-refractivity contribution in [3.05, 3.63) is 0 Å². The van der Waals surface area contributed by atoms with Crippen molar-refractivity contribution in [2.75, 3.05) is 32.7 Å². The molecule has 4 atom stereocenters. The first-order valence-corrected chi connectivity index (χ1v) is 6.91. The van der Waals surface area contributed by atoms with E-state index in [1.54, 1.807) is 32.6 Å². The molecule has 4 N–H and O–H groups in total. The number of rotatable bonds is 10. The Morgan fingerprint density at radius 1 is 0.684 bits per heavy atom. The van der Waals surface area contributed by atoms with Crippen LogP contribution in [0.2, 0.25) is 0 Å². The first-order valence-electron chi connectivity index (χ1n) is 6.91. The molecule has 6 heteroatoms. The van der Waals surface area contributed by atoms with Crippen LogP contribution in [0.3, 0.4) is 0 Å². The zero-order valence-corrected chi connectivity index (χ0v) is 12.5. The smallest absolute Gasteiger partial charge is 0.104 e. The molecule has 4 unspecified atom stereocenters. The molecule has 0 spiro atoms. The van der Waals surface area contributed by atoms with E-state index in [0.717, 1.165) is 0 Å². The summed E-state index contributed by atoms with van der Waals surface area (Å²) in [6, 6.07) is 0. The second-order valence-electron chi connectivity index (χ2n) is 5.43. The van der Waals surface area contributed by atoms with Gasteiger partial charge in [-0.1, -0.05) is 0 Å². The molecule has 0 heterocycles. The number of nitrogens with zero attached hydrogens (tertiary/aromatic N) is 2. The van der Waals surface area contributed by atoms with Gasteiger partial charge in [-0.05, 0) is 27.7 Å². The number of hydrogen-bond acceptors (Lipinski definition) is 6. The largest absolute Gasteiger partial charge is 0.392 e. The molecular weight excluding hydrogens is 248 g/mol. The molecule has 0 radical (unpaired) electrons. The molecule has 0 aromatic rings. The second-order valence-corrected chi connectivity index (χ2v) is 5.43. The Kier molecular flexibility index (Phi) is 9.51. The average molecular weight is 278 g/mol. The van der Waals surface area contributed by atoms with Crippen molar-refractivity contribution in [2.45, 2.75) is 52.2 Å². The molecule has 19 heavy (non-hydrogen) atoms. The molecule has 0 aromatic carbocycles. The molecule has 0 aliphatic carbocycles. The van der Waals surface area contributed by atoms with E-state index in [9.17, 15) is 20.4 Å². The van der Waals surface area contributed by atoms with Gasteiger partial charge in [0.2, 0.25) is 0 Å². The minimum Gasteiger partial charge on any atom is -0.392 e. The highest BCUT2D eigenvalue weighted by Crippen LogP contribution is 2.01. The monoisotopic (exact) mass is 278 g/mol. The Labute approximate surface area is 116 Å². The van der Waals surface area contributed by atoms with E-state index >= 15 is 0 Å². The van der Waals surface area contributed by atoms with Gasteiger partial charge in [0.15, 0.2) is 0 Å². The van der Waals surface area contributed by atoms with Gasteiger partial charge < -0.3 is 20.4 Å². The summed E-state index contributed by atoms with van der Waals surface area (Å²) in [7, 11) is 0.